The van der Waals surface area contributed by atoms with E-state index in [2.05, 4.69) is 15.9 Å². The van der Waals surface area contributed by atoms with Crippen molar-refractivity contribution >= 4 is 21.6 Å². The summed E-state index contributed by atoms with van der Waals surface area (Å²) in [6.45, 7) is 0. The molecule has 92 valence electrons. The highest BCUT2D eigenvalue weighted by molar-refractivity contribution is 9.10. The summed E-state index contributed by atoms with van der Waals surface area (Å²) in [5, 5.41) is 10.5. The quantitative estimate of drug-likeness (QED) is 0.627. The minimum Gasteiger partial charge on any atom is -0.453 e. The summed E-state index contributed by atoms with van der Waals surface area (Å²) in [6.07, 6.45) is 0. The number of hydrogen-bond donors (Lipinski definition) is 0. The molecule has 0 heterocycles. The maximum atomic E-state index is 13.6. The zero-order chi connectivity index (χ0) is 13.1. The van der Waals surface area contributed by atoms with Gasteiger partial charge in [-0.15, -0.1) is 0 Å². The highest BCUT2D eigenvalue weighted by atomic mass is 79.9. The van der Waals surface area contributed by atoms with Gasteiger partial charge in [-0.2, -0.15) is 0 Å². The number of ether oxygens (including phenoxy) is 1. The van der Waals surface area contributed by atoms with Gasteiger partial charge in [-0.25, -0.2) is 4.39 Å². The van der Waals surface area contributed by atoms with Crippen molar-refractivity contribution in [2.75, 3.05) is 0 Å². The topological polar surface area (TPSA) is 52.4 Å². The number of benzene rings is 2. The van der Waals surface area contributed by atoms with Crippen molar-refractivity contribution in [3.63, 3.8) is 0 Å². The summed E-state index contributed by atoms with van der Waals surface area (Å²) < 4.78 is 19.6. The van der Waals surface area contributed by atoms with Crippen molar-refractivity contribution in [3.05, 3.63) is 62.9 Å². The third-order valence-electron chi connectivity index (χ3n) is 2.18. The molecule has 0 aliphatic rings. The molecular weight excluding hydrogens is 305 g/mol. The smallest absolute Gasteiger partial charge is 0.272 e. The lowest BCUT2D eigenvalue weighted by atomic mass is 10.3. The summed E-state index contributed by atoms with van der Waals surface area (Å²) in [6, 6.07) is 10.2. The van der Waals surface area contributed by atoms with Gasteiger partial charge < -0.3 is 4.74 Å². The zero-order valence-electron chi connectivity index (χ0n) is 8.97. The molecule has 2 rings (SSSR count). The first-order valence-corrected chi connectivity index (χ1v) is 5.73. The Labute approximate surface area is 110 Å². The largest absolute Gasteiger partial charge is 0.453 e. The Morgan fingerprint density at radius 1 is 1.17 bits per heavy atom. The SMILES string of the molecule is O=[N+]([O-])c1ccc(Oc2ccccc2Br)c(F)c1. The number of rotatable bonds is 3. The Balaban J connectivity index is 2.30. The molecule has 0 aliphatic carbocycles. The van der Waals surface area contributed by atoms with Gasteiger partial charge in [0.1, 0.15) is 5.75 Å². The van der Waals surface area contributed by atoms with Crippen molar-refractivity contribution in [1.29, 1.82) is 0 Å². The van der Waals surface area contributed by atoms with E-state index in [-0.39, 0.29) is 11.4 Å². The summed E-state index contributed by atoms with van der Waals surface area (Å²) in [5.74, 6) is -0.405. The van der Waals surface area contributed by atoms with Crippen LogP contribution in [0.25, 0.3) is 0 Å². The molecule has 0 radical (unpaired) electrons. The van der Waals surface area contributed by atoms with Gasteiger partial charge in [0.05, 0.1) is 15.5 Å². The molecular formula is C12H7BrFNO3. The van der Waals surface area contributed by atoms with Gasteiger partial charge in [-0.1, -0.05) is 12.1 Å². The Hall–Kier alpha value is -1.95. The molecule has 0 amide bonds. The lowest BCUT2D eigenvalue weighted by Crippen LogP contribution is -1.92. The van der Waals surface area contributed by atoms with Crippen LogP contribution in [-0.2, 0) is 0 Å². The fraction of sp³-hybridized carbons (Fsp3) is 0. The number of non-ortho nitro benzene ring substituents is 1. The van der Waals surface area contributed by atoms with Crippen LogP contribution < -0.4 is 4.74 Å². The van der Waals surface area contributed by atoms with Crippen LogP contribution in [0.3, 0.4) is 0 Å². The van der Waals surface area contributed by atoms with Gasteiger partial charge in [0.15, 0.2) is 11.6 Å². The Bertz CT molecular complexity index is 604. The number of nitrogens with zero attached hydrogens (tertiary/aromatic N) is 1. The van der Waals surface area contributed by atoms with Crippen LogP contribution in [0.5, 0.6) is 11.5 Å². The molecule has 0 bridgehead atoms. The first-order valence-electron chi connectivity index (χ1n) is 4.94. The number of para-hydroxylation sites is 1. The van der Waals surface area contributed by atoms with E-state index in [1.54, 1.807) is 24.3 Å². The minimum absolute atomic E-state index is 0.0625. The van der Waals surface area contributed by atoms with Crippen molar-refractivity contribution in [2.24, 2.45) is 0 Å². The summed E-state index contributed by atoms with van der Waals surface area (Å²) >= 11 is 3.26. The lowest BCUT2D eigenvalue weighted by Gasteiger charge is -2.07. The van der Waals surface area contributed by atoms with Crippen LogP contribution in [-0.4, -0.2) is 4.92 Å². The molecule has 0 atom stereocenters. The summed E-state index contributed by atoms with van der Waals surface area (Å²) in [5.41, 5.74) is -0.313. The van der Waals surface area contributed by atoms with Crippen LogP contribution in [0.1, 0.15) is 0 Å². The van der Waals surface area contributed by atoms with E-state index in [1.165, 1.54) is 12.1 Å². The van der Waals surface area contributed by atoms with Gasteiger partial charge in [0.25, 0.3) is 5.69 Å². The predicted octanol–water partition coefficient (Wildman–Crippen LogP) is 4.29. The summed E-state index contributed by atoms with van der Waals surface area (Å²) in [4.78, 5) is 9.81. The summed E-state index contributed by atoms with van der Waals surface area (Å²) in [7, 11) is 0. The first kappa shape index (κ1) is 12.5. The molecule has 0 fully saturated rings. The molecule has 2 aromatic carbocycles. The van der Waals surface area contributed by atoms with E-state index >= 15 is 0 Å². The average Bonchev–Trinajstić information content (AvgIpc) is 2.34. The van der Waals surface area contributed by atoms with Gasteiger partial charge >= 0.3 is 0 Å². The lowest BCUT2D eigenvalue weighted by molar-refractivity contribution is -0.385. The molecule has 6 heteroatoms. The van der Waals surface area contributed by atoms with E-state index in [1.807, 2.05) is 0 Å². The van der Waals surface area contributed by atoms with Crippen molar-refractivity contribution in [2.45, 2.75) is 0 Å². The molecule has 0 unspecified atom stereocenters. The van der Waals surface area contributed by atoms with Crippen LogP contribution in [0.4, 0.5) is 10.1 Å². The molecule has 0 saturated carbocycles. The number of hydrogen-bond acceptors (Lipinski definition) is 3. The van der Waals surface area contributed by atoms with E-state index in [4.69, 9.17) is 4.74 Å². The third-order valence-corrected chi connectivity index (χ3v) is 2.84. The van der Waals surface area contributed by atoms with Gasteiger partial charge in [-0.05, 0) is 34.1 Å². The second-order valence-electron chi connectivity index (χ2n) is 3.40. The first-order chi connectivity index (χ1) is 8.58. The fourth-order valence-electron chi connectivity index (χ4n) is 1.33. The zero-order valence-corrected chi connectivity index (χ0v) is 10.6. The predicted molar refractivity (Wildman–Crippen MR) is 67.3 cm³/mol. The fourth-order valence-corrected chi connectivity index (χ4v) is 1.70. The van der Waals surface area contributed by atoms with E-state index in [0.29, 0.717) is 10.2 Å². The van der Waals surface area contributed by atoms with Gasteiger partial charge in [0, 0.05) is 6.07 Å². The number of nitro benzene ring substituents is 1. The molecule has 0 spiro atoms. The van der Waals surface area contributed by atoms with Gasteiger partial charge in [-0.3, -0.25) is 10.1 Å². The van der Waals surface area contributed by atoms with Crippen molar-refractivity contribution in [1.82, 2.24) is 0 Å². The maximum absolute atomic E-state index is 13.6. The van der Waals surface area contributed by atoms with Crippen LogP contribution in [0, 0.1) is 15.9 Å². The average molecular weight is 312 g/mol. The Morgan fingerprint density at radius 3 is 2.50 bits per heavy atom. The normalized spacial score (nSPS) is 10.1. The molecule has 0 N–H and O–H groups in total. The Kier molecular flexibility index (Phi) is 3.57. The number of halogens is 2. The molecule has 2 aromatic rings. The molecule has 0 saturated heterocycles. The molecule has 0 aromatic heterocycles. The molecule has 0 aliphatic heterocycles. The van der Waals surface area contributed by atoms with Crippen LogP contribution in [0.2, 0.25) is 0 Å². The molecule has 4 nitrogen and oxygen atoms in total. The highest BCUT2D eigenvalue weighted by Crippen LogP contribution is 2.31. The van der Waals surface area contributed by atoms with E-state index in [0.717, 1.165) is 6.07 Å². The molecule has 18 heavy (non-hydrogen) atoms. The second kappa shape index (κ2) is 5.14. The van der Waals surface area contributed by atoms with Crippen LogP contribution in [0.15, 0.2) is 46.9 Å². The second-order valence-corrected chi connectivity index (χ2v) is 4.26. The van der Waals surface area contributed by atoms with Crippen molar-refractivity contribution in [3.8, 4) is 11.5 Å². The third kappa shape index (κ3) is 2.65. The maximum Gasteiger partial charge on any atom is 0.272 e. The minimum atomic E-state index is -0.778. The Morgan fingerprint density at radius 2 is 1.89 bits per heavy atom. The number of nitro groups is 1. The monoisotopic (exact) mass is 311 g/mol. The van der Waals surface area contributed by atoms with Crippen molar-refractivity contribution < 1.29 is 14.1 Å². The highest BCUT2D eigenvalue weighted by Gasteiger charge is 2.12. The van der Waals surface area contributed by atoms with E-state index in [9.17, 15) is 14.5 Å². The van der Waals surface area contributed by atoms with Gasteiger partial charge in [0.2, 0.25) is 0 Å². The van der Waals surface area contributed by atoms with E-state index < -0.39 is 10.7 Å². The standard InChI is InChI=1S/C12H7BrFNO3/c13-9-3-1-2-4-11(9)18-12-6-5-8(15(16)17)7-10(12)14/h1-7H. The van der Waals surface area contributed by atoms with Crippen LogP contribution >= 0.6 is 15.9 Å².